The molecule has 0 unspecified atom stereocenters. The second-order valence-corrected chi connectivity index (χ2v) is 8.00. The van der Waals surface area contributed by atoms with Crippen LogP contribution in [0.2, 0.25) is 0 Å². The highest BCUT2D eigenvalue weighted by atomic mass is 16.5. The third-order valence-electron chi connectivity index (χ3n) is 5.91. The molecule has 0 saturated carbocycles. The van der Waals surface area contributed by atoms with Crippen LogP contribution in [0, 0.1) is 0 Å². The van der Waals surface area contributed by atoms with Crippen LogP contribution in [0.25, 0.3) is 16.9 Å². The number of nitrogens with one attached hydrogen (secondary N) is 2. The first-order valence-electron chi connectivity index (χ1n) is 10.7. The number of fused-ring (bicyclic) bond motifs is 2. The number of rotatable bonds is 4. The van der Waals surface area contributed by atoms with Crippen LogP contribution in [-0.4, -0.2) is 46.6 Å². The molecule has 0 atom stereocenters. The summed E-state index contributed by atoms with van der Waals surface area (Å²) in [4.78, 5) is 23.4. The molecule has 6 rings (SSSR count). The van der Waals surface area contributed by atoms with E-state index in [1.807, 2.05) is 35.0 Å². The number of nitrogens with zero attached hydrogens (tertiary/aromatic N) is 4. The molecule has 4 aromatic rings. The summed E-state index contributed by atoms with van der Waals surface area (Å²) in [5.41, 5.74) is 6.53. The predicted octanol–water partition coefficient (Wildman–Crippen LogP) is 3.47. The number of anilines is 4. The highest BCUT2D eigenvalue weighted by molar-refractivity contribution is 5.99. The molecule has 1 fully saturated rings. The van der Waals surface area contributed by atoms with Gasteiger partial charge in [0.25, 0.3) is 0 Å². The van der Waals surface area contributed by atoms with E-state index in [1.54, 1.807) is 6.20 Å². The zero-order valence-corrected chi connectivity index (χ0v) is 17.4. The number of morpholine rings is 1. The maximum absolute atomic E-state index is 11.7. The summed E-state index contributed by atoms with van der Waals surface area (Å²) < 4.78 is 7.40. The van der Waals surface area contributed by atoms with E-state index in [9.17, 15) is 4.79 Å². The minimum absolute atomic E-state index is 0.0260. The van der Waals surface area contributed by atoms with Gasteiger partial charge in [0.1, 0.15) is 0 Å². The summed E-state index contributed by atoms with van der Waals surface area (Å²) >= 11 is 0. The lowest BCUT2D eigenvalue weighted by atomic mass is 10.1. The molecule has 160 valence electrons. The monoisotopic (exact) mass is 426 g/mol. The number of amides is 1. The SMILES string of the molecule is O=C1Cc2cc(-c3cn4ccnc4c(Nc4ccc(N5CCOCC5)cc4)n3)ccc2N1. The first-order chi connectivity index (χ1) is 15.7. The number of hydrogen-bond donors (Lipinski definition) is 2. The molecule has 8 nitrogen and oxygen atoms in total. The zero-order chi connectivity index (χ0) is 21.5. The van der Waals surface area contributed by atoms with Crippen molar-refractivity contribution in [2.24, 2.45) is 0 Å². The third-order valence-corrected chi connectivity index (χ3v) is 5.91. The zero-order valence-electron chi connectivity index (χ0n) is 17.4. The van der Waals surface area contributed by atoms with E-state index in [4.69, 9.17) is 9.72 Å². The average Bonchev–Trinajstić information content (AvgIpc) is 3.45. The molecule has 1 amide bonds. The number of hydrogen-bond acceptors (Lipinski definition) is 6. The van der Waals surface area contributed by atoms with Crippen LogP contribution in [0.3, 0.4) is 0 Å². The average molecular weight is 426 g/mol. The van der Waals surface area contributed by atoms with Crippen LogP contribution in [0.1, 0.15) is 5.56 Å². The van der Waals surface area contributed by atoms with Gasteiger partial charge in [-0.25, -0.2) is 9.97 Å². The first-order valence-corrected chi connectivity index (χ1v) is 10.7. The van der Waals surface area contributed by atoms with Crippen molar-refractivity contribution in [1.82, 2.24) is 14.4 Å². The van der Waals surface area contributed by atoms with Crippen molar-refractivity contribution in [2.75, 3.05) is 41.8 Å². The topological polar surface area (TPSA) is 83.8 Å². The molecule has 8 heteroatoms. The Morgan fingerprint density at radius 3 is 2.75 bits per heavy atom. The van der Waals surface area contributed by atoms with Crippen molar-refractivity contribution in [1.29, 1.82) is 0 Å². The van der Waals surface area contributed by atoms with Crippen molar-refractivity contribution >= 4 is 34.4 Å². The Bertz CT molecular complexity index is 1310. The number of benzene rings is 2. The summed E-state index contributed by atoms with van der Waals surface area (Å²) in [6.07, 6.45) is 6.03. The molecule has 0 aliphatic carbocycles. The van der Waals surface area contributed by atoms with Crippen LogP contribution >= 0.6 is 0 Å². The number of ether oxygens (including phenoxy) is 1. The van der Waals surface area contributed by atoms with Gasteiger partial charge in [-0.15, -0.1) is 0 Å². The molecule has 2 aliphatic heterocycles. The highest BCUT2D eigenvalue weighted by Crippen LogP contribution is 2.30. The van der Waals surface area contributed by atoms with Gasteiger partial charge >= 0.3 is 0 Å². The van der Waals surface area contributed by atoms with Crippen molar-refractivity contribution in [3.8, 4) is 11.3 Å². The number of imidazole rings is 1. The number of carbonyl (C=O) groups excluding carboxylic acids is 1. The molecule has 1 saturated heterocycles. The molecular weight excluding hydrogens is 404 g/mol. The fourth-order valence-electron chi connectivity index (χ4n) is 4.26. The minimum Gasteiger partial charge on any atom is -0.378 e. The number of carbonyl (C=O) groups is 1. The highest BCUT2D eigenvalue weighted by Gasteiger charge is 2.19. The largest absolute Gasteiger partial charge is 0.378 e. The molecule has 2 aliphatic rings. The quantitative estimate of drug-likeness (QED) is 0.520. The molecule has 0 bridgehead atoms. The molecule has 0 radical (unpaired) electrons. The van der Waals surface area contributed by atoms with E-state index in [2.05, 4.69) is 44.8 Å². The Balaban J connectivity index is 1.31. The van der Waals surface area contributed by atoms with E-state index >= 15 is 0 Å². The smallest absolute Gasteiger partial charge is 0.228 e. The van der Waals surface area contributed by atoms with Gasteiger partial charge in [-0.1, -0.05) is 6.07 Å². The van der Waals surface area contributed by atoms with Gasteiger partial charge in [0.2, 0.25) is 5.91 Å². The van der Waals surface area contributed by atoms with Gasteiger partial charge in [0.15, 0.2) is 11.5 Å². The van der Waals surface area contributed by atoms with Crippen molar-refractivity contribution in [3.05, 3.63) is 66.6 Å². The third kappa shape index (κ3) is 3.44. The summed E-state index contributed by atoms with van der Waals surface area (Å²) in [5, 5.41) is 6.31. The second kappa shape index (κ2) is 7.65. The maximum atomic E-state index is 11.7. The first kappa shape index (κ1) is 18.8. The molecule has 2 aromatic heterocycles. The van der Waals surface area contributed by atoms with Crippen LogP contribution in [0.15, 0.2) is 61.1 Å². The second-order valence-electron chi connectivity index (χ2n) is 8.00. The lowest BCUT2D eigenvalue weighted by molar-refractivity contribution is -0.115. The molecule has 4 heterocycles. The fraction of sp³-hybridized carbons (Fsp3) is 0.208. The van der Waals surface area contributed by atoms with Crippen LogP contribution in [-0.2, 0) is 16.0 Å². The van der Waals surface area contributed by atoms with Crippen LogP contribution < -0.4 is 15.5 Å². The Morgan fingerprint density at radius 2 is 1.91 bits per heavy atom. The summed E-state index contributed by atoms with van der Waals surface area (Å²) in [5.74, 6) is 0.708. The van der Waals surface area contributed by atoms with E-state index in [1.165, 1.54) is 5.69 Å². The lowest BCUT2D eigenvalue weighted by Gasteiger charge is -2.28. The molecular formula is C24H22N6O2. The predicted molar refractivity (Wildman–Crippen MR) is 124 cm³/mol. The Hall–Kier alpha value is -3.91. The van der Waals surface area contributed by atoms with Gasteiger partial charge < -0.3 is 24.7 Å². The summed E-state index contributed by atoms with van der Waals surface area (Å²) in [6.45, 7) is 3.35. The van der Waals surface area contributed by atoms with Crippen molar-refractivity contribution in [2.45, 2.75) is 6.42 Å². The van der Waals surface area contributed by atoms with Gasteiger partial charge in [0, 0.05) is 54.3 Å². The summed E-state index contributed by atoms with van der Waals surface area (Å²) in [7, 11) is 0. The molecule has 0 spiro atoms. The van der Waals surface area contributed by atoms with E-state index in [0.717, 1.165) is 60.1 Å². The van der Waals surface area contributed by atoms with Crippen molar-refractivity contribution < 1.29 is 9.53 Å². The lowest BCUT2D eigenvalue weighted by Crippen LogP contribution is -2.36. The van der Waals surface area contributed by atoms with Crippen LogP contribution in [0.4, 0.5) is 22.9 Å². The van der Waals surface area contributed by atoms with E-state index in [-0.39, 0.29) is 5.91 Å². The summed E-state index contributed by atoms with van der Waals surface area (Å²) in [6, 6.07) is 14.3. The van der Waals surface area contributed by atoms with E-state index in [0.29, 0.717) is 12.2 Å². The standard InChI is InChI=1S/C24H22N6O2/c31-22-14-17-13-16(1-6-20(17)27-22)21-15-30-8-7-25-24(30)23(28-21)26-18-2-4-19(5-3-18)29-9-11-32-12-10-29/h1-8,13,15H,9-12,14H2,(H,26,28)(H,27,31). The van der Waals surface area contributed by atoms with Crippen molar-refractivity contribution in [3.63, 3.8) is 0 Å². The molecule has 32 heavy (non-hydrogen) atoms. The maximum Gasteiger partial charge on any atom is 0.228 e. The molecule has 2 aromatic carbocycles. The normalized spacial score (nSPS) is 15.6. The van der Waals surface area contributed by atoms with E-state index < -0.39 is 0 Å². The van der Waals surface area contributed by atoms with Crippen LogP contribution in [0.5, 0.6) is 0 Å². The fourth-order valence-corrected chi connectivity index (χ4v) is 4.26. The Kier molecular flexibility index (Phi) is 4.50. The molecule has 2 N–H and O–H groups in total. The minimum atomic E-state index is 0.0260. The Morgan fingerprint density at radius 1 is 1.06 bits per heavy atom. The van der Waals surface area contributed by atoms with Gasteiger partial charge in [0.05, 0.1) is 25.3 Å². The Labute approximate surface area is 184 Å². The number of aromatic nitrogens is 3. The van der Waals surface area contributed by atoms with Gasteiger partial charge in [-0.2, -0.15) is 0 Å². The van der Waals surface area contributed by atoms with Gasteiger partial charge in [-0.3, -0.25) is 4.79 Å². The van der Waals surface area contributed by atoms with Gasteiger partial charge in [-0.05, 0) is 42.0 Å².